The van der Waals surface area contributed by atoms with E-state index in [4.69, 9.17) is 9.16 Å². The van der Waals surface area contributed by atoms with Crippen LogP contribution in [0.5, 0.6) is 5.75 Å². The third-order valence-corrected chi connectivity index (χ3v) is 24.2. The predicted octanol–water partition coefficient (Wildman–Crippen LogP) is 8.27. The Bertz CT molecular complexity index is 2040. The Balaban J connectivity index is 1.54. The third kappa shape index (κ3) is 5.68. The van der Waals surface area contributed by atoms with E-state index in [9.17, 15) is 0 Å². The van der Waals surface area contributed by atoms with Gasteiger partial charge in [0.15, 0.2) is 9.84 Å². The lowest BCUT2D eigenvalue weighted by Crippen LogP contribution is -2.69. The summed E-state index contributed by atoms with van der Waals surface area (Å²) in [6.07, 6.45) is 1.51. The molecule has 4 atom stereocenters. The van der Waals surface area contributed by atoms with Crippen LogP contribution in [-0.2, 0) is 20.7 Å². The maximum absolute atomic E-state index is 15.8. The van der Waals surface area contributed by atoms with Gasteiger partial charge in [-0.2, -0.15) is 0 Å². The van der Waals surface area contributed by atoms with Gasteiger partial charge in [-0.3, -0.25) is 0 Å². The van der Waals surface area contributed by atoms with Crippen molar-refractivity contribution in [3.05, 3.63) is 151 Å². The summed E-state index contributed by atoms with van der Waals surface area (Å²) < 4.78 is 44.4. The Labute approximate surface area is 306 Å². The second-order valence-electron chi connectivity index (χ2n) is 16.0. The van der Waals surface area contributed by atoms with E-state index in [0.717, 1.165) is 11.3 Å². The number of aryl methyl sites for hydroxylation is 1. The summed E-state index contributed by atoms with van der Waals surface area (Å²) in [4.78, 5) is 0.404. The number of fused-ring (bicyclic) bond motifs is 3. The van der Waals surface area contributed by atoms with Gasteiger partial charge in [0.05, 0.1) is 24.8 Å². The Kier molecular flexibility index (Phi) is 9.32. The van der Waals surface area contributed by atoms with Gasteiger partial charge in [0, 0.05) is 17.6 Å². The molecule has 0 aliphatic heterocycles. The molecule has 51 heavy (non-hydrogen) atoms. The quantitative estimate of drug-likeness (QED) is 0.143. The summed E-state index contributed by atoms with van der Waals surface area (Å²) in [6.45, 7) is 11.7. The van der Waals surface area contributed by atoms with E-state index in [-0.39, 0.29) is 22.6 Å². The largest absolute Gasteiger partial charge is 0.497 e. The first-order valence-electron chi connectivity index (χ1n) is 18.2. The molecule has 0 spiro atoms. The van der Waals surface area contributed by atoms with Crippen molar-refractivity contribution in [1.82, 2.24) is 0 Å². The first-order valence-corrected chi connectivity index (χ1v) is 24.7. The molecule has 5 aromatic carbocycles. The first-order chi connectivity index (χ1) is 24.4. The fourth-order valence-corrected chi connectivity index (χ4v) is 22.6. The molecule has 0 amide bonds. The number of rotatable bonds is 9. The maximum atomic E-state index is 15.8. The topological polar surface area (TPSA) is 52.6 Å². The molecule has 1 fully saturated rings. The van der Waals surface area contributed by atoms with Crippen molar-refractivity contribution < 1.29 is 17.6 Å². The average molecular weight is 731 g/mol. The van der Waals surface area contributed by atoms with Crippen LogP contribution in [-0.4, -0.2) is 42.8 Å². The van der Waals surface area contributed by atoms with E-state index in [0.29, 0.717) is 24.2 Å². The molecule has 0 heterocycles. The molecule has 0 N–H and O–H groups in total. The van der Waals surface area contributed by atoms with Gasteiger partial charge in [-0.25, -0.2) is 8.42 Å². The molecule has 2 aliphatic carbocycles. The van der Waals surface area contributed by atoms with Crippen molar-refractivity contribution in [3.8, 4) is 5.75 Å². The lowest BCUT2D eigenvalue weighted by molar-refractivity contribution is 0.188. The molecule has 0 radical (unpaired) electrons. The van der Waals surface area contributed by atoms with Crippen molar-refractivity contribution in [2.24, 2.45) is 0 Å². The lowest BCUT2D eigenvalue weighted by atomic mass is 9.76. The summed E-state index contributed by atoms with van der Waals surface area (Å²) >= 11 is 0. The van der Waals surface area contributed by atoms with Gasteiger partial charge < -0.3 is 9.16 Å². The molecule has 7 heteroatoms. The number of sulfone groups is 1. The van der Waals surface area contributed by atoms with E-state index in [1.165, 1.54) is 21.1 Å². The highest BCUT2D eigenvalue weighted by Gasteiger charge is 2.70. The Morgan fingerprint density at radius 3 is 1.73 bits per heavy atom. The highest BCUT2D eigenvalue weighted by Crippen LogP contribution is 2.65. The van der Waals surface area contributed by atoms with Gasteiger partial charge in [0.2, 0.25) is 0 Å². The summed E-state index contributed by atoms with van der Waals surface area (Å²) in [5, 5.41) is 3.42. The number of hydrogen-bond donors (Lipinski definition) is 0. The molecule has 5 aromatic rings. The van der Waals surface area contributed by atoms with Crippen LogP contribution in [0, 0.1) is 0 Å². The van der Waals surface area contributed by atoms with Gasteiger partial charge in [0.1, 0.15) is 5.75 Å². The van der Waals surface area contributed by atoms with Gasteiger partial charge in [-0.15, -0.1) is 0 Å². The van der Waals surface area contributed by atoms with Gasteiger partial charge in [-0.05, 0) is 70.1 Å². The second-order valence-corrected chi connectivity index (χ2v) is 27.1. The van der Waals surface area contributed by atoms with Gasteiger partial charge in [0.25, 0.3) is 8.32 Å². The number of ether oxygens (including phenoxy) is 1. The molecule has 4 nitrogen and oxygen atoms in total. The minimum absolute atomic E-state index is 0.237. The molecule has 264 valence electrons. The van der Waals surface area contributed by atoms with E-state index >= 15 is 8.42 Å². The monoisotopic (exact) mass is 730 g/mol. The van der Waals surface area contributed by atoms with Crippen molar-refractivity contribution in [2.45, 2.75) is 85.4 Å². The number of hydrogen-bond acceptors (Lipinski definition) is 4. The average Bonchev–Trinajstić information content (AvgIpc) is 3.51. The van der Waals surface area contributed by atoms with Crippen LogP contribution in [0.1, 0.15) is 50.7 Å². The van der Waals surface area contributed by atoms with Crippen molar-refractivity contribution in [3.63, 3.8) is 0 Å². The summed E-state index contributed by atoms with van der Waals surface area (Å²) in [6, 6.07) is 47.8. The number of benzene rings is 5. The van der Waals surface area contributed by atoms with Gasteiger partial charge >= 0.3 is 0 Å². The van der Waals surface area contributed by atoms with Crippen LogP contribution < -0.4 is 20.3 Å². The minimum atomic E-state index is -3.87. The van der Waals surface area contributed by atoms with E-state index in [1.54, 1.807) is 19.2 Å². The molecule has 1 saturated carbocycles. The normalized spacial score (nSPS) is 22.2. The van der Waals surface area contributed by atoms with Crippen LogP contribution in [0.15, 0.2) is 144 Å². The zero-order valence-corrected chi connectivity index (χ0v) is 33.5. The molecule has 0 unspecified atom stereocenters. The maximum Gasteiger partial charge on any atom is 0.261 e. The minimum Gasteiger partial charge on any atom is -0.497 e. The smallest absolute Gasteiger partial charge is 0.261 e. The fraction of sp³-hybridized carbons (Fsp3) is 0.318. The summed E-state index contributed by atoms with van der Waals surface area (Å²) in [7, 11) is -7.89. The van der Waals surface area contributed by atoms with Crippen LogP contribution in [0.2, 0.25) is 23.7 Å². The predicted molar refractivity (Wildman–Crippen MR) is 215 cm³/mol. The Hall–Kier alpha value is -3.76. The molecule has 7 rings (SSSR count). The van der Waals surface area contributed by atoms with E-state index < -0.39 is 31.0 Å². The summed E-state index contributed by atoms with van der Waals surface area (Å²) in [5.41, 5.74) is 2.07. The van der Waals surface area contributed by atoms with E-state index in [2.05, 4.69) is 137 Å². The van der Waals surface area contributed by atoms with E-state index in [1.807, 2.05) is 24.3 Å². The molecule has 0 saturated heterocycles. The SMILES string of the molecule is COc1ccc2c(c1)CC[C@@]1(S(=O)(=O)c3ccccc3)[C@@H]2C[C@@H](O[Si](c2ccccc2)(c2ccccc2)C(C)(C)C)[C@@H]1[Si](C)(C)c1ccccc1. The first kappa shape index (κ1) is 35.6. The zero-order chi connectivity index (χ0) is 36.1. The lowest BCUT2D eigenvalue weighted by Gasteiger charge is -2.51. The van der Waals surface area contributed by atoms with Crippen molar-refractivity contribution in [2.75, 3.05) is 7.11 Å². The zero-order valence-electron chi connectivity index (χ0n) is 30.7. The highest BCUT2D eigenvalue weighted by atomic mass is 32.2. The molecule has 0 bridgehead atoms. The van der Waals surface area contributed by atoms with Crippen molar-refractivity contribution in [1.29, 1.82) is 0 Å². The second kappa shape index (κ2) is 13.3. The van der Waals surface area contributed by atoms with Crippen LogP contribution >= 0.6 is 0 Å². The third-order valence-electron chi connectivity index (χ3n) is 12.1. The molecule has 2 aliphatic rings. The van der Waals surface area contributed by atoms with Crippen LogP contribution in [0.3, 0.4) is 0 Å². The Morgan fingerprint density at radius 2 is 1.22 bits per heavy atom. The van der Waals surface area contributed by atoms with Gasteiger partial charge in [-0.1, -0.05) is 154 Å². The standard InChI is InChI=1S/C44H50O4SSi2/c1-43(2,3)51(37-23-15-9-16-24-37,38-25-17-10-18-26-38)48-41-32-40-39-28-27-34(47-4)31-33(39)29-30-44(40,49(45,46)35-19-11-7-12-20-35)42(41)50(5,6)36-21-13-8-14-22-36/h7-28,31,40-42H,29-30,32H2,1-6H3/t40-,41-,42+,44-/m1/s1. The number of methoxy groups -OCH3 is 1. The Morgan fingerprint density at radius 1 is 0.706 bits per heavy atom. The molecule has 0 aromatic heterocycles. The van der Waals surface area contributed by atoms with Crippen molar-refractivity contribution >= 4 is 41.8 Å². The fourth-order valence-electron chi connectivity index (χ4n) is 9.88. The molecular weight excluding hydrogens is 681 g/mol. The highest BCUT2D eigenvalue weighted by molar-refractivity contribution is 7.93. The van der Waals surface area contributed by atoms with Crippen LogP contribution in [0.4, 0.5) is 0 Å². The molecular formula is C44H50O4SSi2. The summed E-state index contributed by atoms with van der Waals surface area (Å²) in [5.74, 6) is 0.557. The van der Waals surface area contributed by atoms with Crippen LogP contribution in [0.25, 0.3) is 0 Å².